The fourth-order valence-corrected chi connectivity index (χ4v) is 1.91. The van der Waals surface area contributed by atoms with Gasteiger partial charge in [0.25, 0.3) is 0 Å². The van der Waals surface area contributed by atoms with Crippen LogP contribution in [0.3, 0.4) is 0 Å². The Morgan fingerprint density at radius 3 is 2.76 bits per heavy atom. The minimum atomic E-state index is 0.0160. The van der Waals surface area contributed by atoms with Crippen molar-refractivity contribution in [2.75, 3.05) is 13.7 Å². The van der Waals surface area contributed by atoms with Crippen LogP contribution in [0.25, 0.3) is 11.3 Å². The second kappa shape index (κ2) is 6.95. The molecule has 0 spiro atoms. The van der Waals surface area contributed by atoms with Crippen LogP contribution in [0.5, 0.6) is 6.01 Å². The molecule has 0 atom stereocenters. The van der Waals surface area contributed by atoms with E-state index < -0.39 is 0 Å². The molecule has 0 saturated heterocycles. The summed E-state index contributed by atoms with van der Waals surface area (Å²) in [5, 5.41) is 0. The summed E-state index contributed by atoms with van der Waals surface area (Å²) in [7, 11) is 1.55. The van der Waals surface area contributed by atoms with Crippen molar-refractivity contribution in [3.8, 4) is 17.3 Å². The van der Waals surface area contributed by atoms with E-state index in [1.165, 1.54) is 6.92 Å². The van der Waals surface area contributed by atoms with Crippen molar-refractivity contribution in [3.05, 3.63) is 41.6 Å². The van der Waals surface area contributed by atoms with Crippen molar-refractivity contribution in [3.63, 3.8) is 0 Å². The number of ketones is 1. The number of Topliss-reactive ketones (excluding diaryl/α,β-unsaturated/α-hetero) is 1. The van der Waals surface area contributed by atoms with Crippen molar-refractivity contribution in [2.24, 2.45) is 0 Å². The predicted octanol–water partition coefficient (Wildman–Crippen LogP) is 2.57. The van der Waals surface area contributed by atoms with Crippen LogP contribution in [0.4, 0.5) is 0 Å². The number of ether oxygens (including phenoxy) is 2. The first-order valence-corrected chi connectivity index (χ1v) is 6.64. The highest BCUT2D eigenvalue weighted by Crippen LogP contribution is 2.21. The zero-order valence-electron chi connectivity index (χ0n) is 12.4. The number of hydrogen-bond donors (Lipinski definition) is 0. The molecule has 2 rings (SSSR count). The molecule has 0 aliphatic rings. The molecule has 5 heteroatoms. The number of aryl methyl sites for hydroxylation is 1. The van der Waals surface area contributed by atoms with Gasteiger partial charge in [-0.2, -0.15) is 4.98 Å². The number of carbonyl (C=O) groups is 1. The van der Waals surface area contributed by atoms with E-state index >= 15 is 0 Å². The summed E-state index contributed by atoms with van der Waals surface area (Å²) in [5.74, 6) is 0.0160. The number of carbonyl (C=O) groups excluding carboxylic acids is 1. The van der Waals surface area contributed by atoms with Crippen LogP contribution in [0.2, 0.25) is 0 Å². The van der Waals surface area contributed by atoms with E-state index in [9.17, 15) is 4.79 Å². The van der Waals surface area contributed by atoms with Gasteiger partial charge in [0.2, 0.25) is 0 Å². The minimum Gasteiger partial charge on any atom is -0.467 e. The zero-order valence-corrected chi connectivity index (χ0v) is 12.4. The minimum absolute atomic E-state index is 0.0160. The molecule has 0 N–H and O–H groups in total. The first-order valence-electron chi connectivity index (χ1n) is 6.64. The molecule has 1 aromatic heterocycles. The third kappa shape index (κ3) is 4.36. The molecular weight excluding hydrogens is 268 g/mol. The lowest BCUT2D eigenvalue weighted by atomic mass is 10.1. The highest BCUT2D eigenvalue weighted by Gasteiger charge is 2.06. The Balaban J connectivity index is 2.20. The summed E-state index contributed by atoms with van der Waals surface area (Å²) in [6.07, 6.45) is 0. The SMILES string of the molecule is COc1nc(C)cc(-c2cccc(COCC(C)=O)c2)n1. The summed E-state index contributed by atoms with van der Waals surface area (Å²) in [4.78, 5) is 19.4. The highest BCUT2D eigenvalue weighted by atomic mass is 16.5. The van der Waals surface area contributed by atoms with Gasteiger partial charge >= 0.3 is 6.01 Å². The second-order valence-corrected chi connectivity index (χ2v) is 4.78. The Kier molecular flexibility index (Phi) is 5.00. The number of hydrogen-bond acceptors (Lipinski definition) is 5. The maximum Gasteiger partial charge on any atom is 0.316 e. The Morgan fingerprint density at radius 1 is 1.24 bits per heavy atom. The van der Waals surface area contributed by atoms with Crippen LogP contribution in [-0.2, 0) is 16.1 Å². The fourth-order valence-electron chi connectivity index (χ4n) is 1.91. The molecule has 5 nitrogen and oxygen atoms in total. The highest BCUT2D eigenvalue weighted by molar-refractivity contribution is 5.76. The van der Waals surface area contributed by atoms with Gasteiger partial charge in [-0.3, -0.25) is 4.79 Å². The molecule has 1 aromatic carbocycles. The van der Waals surface area contributed by atoms with Crippen LogP contribution >= 0.6 is 0 Å². The van der Waals surface area contributed by atoms with Crippen LogP contribution in [-0.4, -0.2) is 29.5 Å². The van der Waals surface area contributed by atoms with Crippen LogP contribution in [0.15, 0.2) is 30.3 Å². The Hall–Kier alpha value is -2.27. The molecular formula is C16H18N2O3. The molecule has 0 aliphatic carbocycles. The molecule has 2 aromatic rings. The van der Waals surface area contributed by atoms with E-state index in [1.807, 2.05) is 37.3 Å². The first kappa shape index (κ1) is 15.1. The molecule has 1 heterocycles. The molecule has 0 saturated carbocycles. The Labute approximate surface area is 124 Å². The van der Waals surface area contributed by atoms with Crippen molar-refractivity contribution in [1.82, 2.24) is 9.97 Å². The van der Waals surface area contributed by atoms with Gasteiger partial charge in [-0.05, 0) is 31.5 Å². The van der Waals surface area contributed by atoms with Gasteiger partial charge in [0, 0.05) is 11.3 Å². The first-order chi connectivity index (χ1) is 10.1. The molecule has 110 valence electrons. The Bertz CT molecular complexity index is 641. The zero-order chi connectivity index (χ0) is 15.2. The molecule has 0 unspecified atom stereocenters. The second-order valence-electron chi connectivity index (χ2n) is 4.78. The smallest absolute Gasteiger partial charge is 0.316 e. The van der Waals surface area contributed by atoms with E-state index in [4.69, 9.17) is 9.47 Å². The number of rotatable bonds is 6. The van der Waals surface area contributed by atoms with Gasteiger partial charge < -0.3 is 9.47 Å². The lowest BCUT2D eigenvalue weighted by Gasteiger charge is -2.07. The molecule has 0 amide bonds. The van der Waals surface area contributed by atoms with Crippen molar-refractivity contribution < 1.29 is 14.3 Å². The van der Waals surface area contributed by atoms with E-state index in [2.05, 4.69) is 9.97 Å². The van der Waals surface area contributed by atoms with Gasteiger partial charge in [-0.1, -0.05) is 18.2 Å². The molecule has 0 bridgehead atoms. The van der Waals surface area contributed by atoms with Crippen LogP contribution in [0.1, 0.15) is 18.2 Å². The summed E-state index contributed by atoms with van der Waals surface area (Å²) < 4.78 is 10.4. The predicted molar refractivity (Wildman–Crippen MR) is 79.1 cm³/mol. The van der Waals surface area contributed by atoms with E-state index in [0.29, 0.717) is 12.6 Å². The largest absolute Gasteiger partial charge is 0.467 e. The van der Waals surface area contributed by atoms with Crippen molar-refractivity contribution in [2.45, 2.75) is 20.5 Å². The average Bonchev–Trinajstić information content (AvgIpc) is 2.46. The van der Waals surface area contributed by atoms with Gasteiger partial charge in [-0.15, -0.1) is 0 Å². The monoisotopic (exact) mass is 286 g/mol. The maximum atomic E-state index is 10.9. The average molecular weight is 286 g/mol. The van der Waals surface area contributed by atoms with Crippen LogP contribution < -0.4 is 4.74 Å². The topological polar surface area (TPSA) is 61.3 Å². The quantitative estimate of drug-likeness (QED) is 0.816. The summed E-state index contributed by atoms with van der Waals surface area (Å²) in [6.45, 7) is 3.93. The fraction of sp³-hybridized carbons (Fsp3) is 0.312. The number of methoxy groups -OCH3 is 1. The van der Waals surface area contributed by atoms with Crippen molar-refractivity contribution in [1.29, 1.82) is 0 Å². The normalized spacial score (nSPS) is 10.4. The molecule has 0 aliphatic heterocycles. The van der Waals surface area contributed by atoms with Crippen molar-refractivity contribution >= 4 is 5.78 Å². The van der Waals surface area contributed by atoms with Gasteiger partial charge in [0.1, 0.15) is 6.61 Å². The Morgan fingerprint density at radius 2 is 2.05 bits per heavy atom. The third-order valence-electron chi connectivity index (χ3n) is 2.81. The number of aromatic nitrogens is 2. The standard InChI is InChI=1S/C16H18N2O3/c1-11-7-15(18-16(17-11)20-3)14-6-4-5-13(8-14)10-21-9-12(2)19/h4-8H,9-10H2,1-3H3. The number of nitrogens with zero attached hydrogens (tertiary/aromatic N) is 2. The maximum absolute atomic E-state index is 10.9. The summed E-state index contributed by atoms with van der Waals surface area (Å²) in [5.41, 5.74) is 3.59. The van der Waals surface area contributed by atoms with Gasteiger partial charge in [0.15, 0.2) is 5.78 Å². The third-order valence-corrected chi connectivity index (χ3v) is 2.81. The van der Waals surface area contributed by atoms with E-state index in [-0.39, 0.29) is 12.4 Å². The molecule has 0 fully saturated rings. The van der Waals surface area contributed by atoms with E-state index in [0.717, 1.165) is 22.5 Å². The van der Waals surface area contributed by atoms with Gasteiger partial charge in [0.05, 0.1) is 19.4 Å². The molecule has 21 heavy (non-hydrogen) atoms. The lowest BCUT2D eigenvalue weighted by Crippen LogP contribution is -2.03. The van der Waals surface area contributed by atoms with Crippen LogP contribution in [0, 0.1) is 6.92 Å². The molecule has 0 radical (unpaired) electrons. The summed E-state index contributed by atoms with van der Waals surface area (Å²) in [6, 6.07) is 10.1. The lowest BCUT2D eigenvalue weighted by molar-refractivity contribution is -0.121. The number of benzene rings is 1. The summed E-state index contributed by atoms with van der Waals surface area (Å²) >= 11 is 0. The van der Waals surface area contributed by atoms with Gasteiger partial charge in [-0.25, -0.2) is 4.98 Å². The van der Waals surface area contributed by atoms with E-state index in [1.54, 1.807) is 7.11 Å².